The lowest BCUT2D eigenvalue weighted by Crippen LogP contribution is -2.50. The van der Waals surface area contributed by atoms with E-state index >= 15 is 0 Å². The molecule has 23 heavy (non-hydrogen) atoms. The van der Waals surface area contributed by atoms with Crippen LogP contribution in [0.1, 0.15) is 41.5 Å². The minimum atomic E-state index is -0.600. The third kappa shape index (κ3) is 7.85. The summed E-state index contributed by atoms with van der Waals surface area (Å²) in [5, 5.41) is 5.20. The van der Waals surface area contributed by atoms with Crippen molar-refractivity contribution in [2.75, 3.05) is 20.6 Å². The van der Waals surface area contributed by atoms with Crippen molar-refractivity contribution in [2.24, 2.45) is 11.8 Å². The molecule has 2 atom stereocenters. The molecule has 0 aliphatic heterocycles. The summed E-state index contributed by atoms with van der Waals surface area (Å²) in [6.07, 6.45) is -0.558. The van der Waals surface area contributed by atoms with Crippen LogP contribution in [0.25, 0.3) is 0 Å². The van der Waals surface area contributed by atoms with Crippen LogP contribution >= 0.6 is 0 Å². The largest absolute Gasteiger partial charge is 0.444 e. The summed E-state index contributed by atoms with van der Waals surface area (Å²) in [6.45, 7) is 10.9. The highest BCUT2D eigenvalue weighted by Gasteiger charge is 2.32. The molecule has 0 spiro atoms. The molecule has 0 fully saturated rings. The van der Waals surface area contributed by atoms with Gasteiger partial charge in [0.2, 0.25) is 11.8 Å². The van der Waals surface area contributed by atoms with Crippen molar-refractivity contribution < 1.29 is 19.1 Å². The second-order valence-electron chi connectivity index (χ2n) is 7.07. The van der Waals surface area contributed by atoms with E-state index in [0.717, 1.165) is 0 Å². The van der Waals surface area contributed by atoms with Crippen LogP contribution in [0, 0.1) is 11.8 Å². The fourth-order valence-corrected chi connectivity index (χ4v) is 2.29. The van der Waals surface area contributed by atoms with Crippen LogP contribution in [0.15, 0.2) is 0 Å². The predicted molar refractivity (Wildman–Crippen MR) is 88.9 cm³/mol. The molecule has 3 amide bonds. The summed E-state index contributed by atoms with van der Waals surface area (Å²) in [4.78, 5) is 37.3. The third-order valence-corrected chi connectivity index (χ3v) is 3.32. The molecule has 0 heterocycles. The fraction of sp³-hybridized carbons (Fsp3) is 0.812. The molecule has 0 radical (unpaired) electrons. The van der Waals surface area contributed by atoms with Gasteiger partial charge in [-0.3, -0.25) is 9.59 Å². The van der Waals surface area contributed by atoms with E-state index in [1.165, 1.54) is 11.9 Å². The van der Waals surface area contributed by atoms with E-state index in [2.05, 4.69) is 10.6 Å². The van der Waals surface area contributed by atoms with Crippen molar-refractivity contribution in [3.63, 3.8) is 0 Å². The molecule has 0 aromatic heterocycles. The molecule has 0 saturated heterocycles. The smallest absolute Gasteiger partial charge is 0.407 e. The Morgan fingerprint density at radius 1 is 1.13 bits per heavy atom. The Morgan fingerprint density at radius 2 is 1.65 bits per heavy atom. The second kappa shape index (κ2) is 8.74. The predicted octanol–water partition coefficient (Wildman–Crippen LogP) is 1.38. The average Bonchev–Trinajstić information content (AvgIpc) is 2.35. The van der Waals surface area contributed by atoms with Crippen LogP contribution in [0.2, 0.25) is 0 Å². The molecule has 0 aromatic rings. The van der Waals surface area contributed by atoms with Gasteiger partial charge in [0.15, 0.2) is 0 Å². The maximum absolute atomic E-state index is 12.6. The lowest BCUT2D eigenvalue weighted by molar-refractivity contribution is -0.139. The molecule has 2 N–H and O–H groups in total. The van der Waals surface area contributed by atoms with Gasteiger partial charge in [0.25, 0.3) is 0 Å². The van der Waals surface area contributed by atoms with Crippen LogP contribution in [0.5, 0.6) is 0 Å². The van der Waals surface area contributed by atoms with Gasteiger partial charge in [0.05, 0.1) is 12.5 Å². The molecule has 7 heteroatoms. The van der Waals surface area contributed by atoms with Crippen molar-refractivity contribution >= 4 is 17.9 Å². The number of carbonyl (C=O) groups is 3. The van der Waals surface area contributed by atoms with E-state index in [1.54, 1.807) is 34.7 Å². The zero-order chi connectivity index (χ0) is 18.4. The maximum Gasteiger partial charge on any atom is 0.407 e. The molecule has 0 bridgehead atoms. The molecular weight excluding hydrogens is 298 g/mol. The van der Waals surface area contributed by atoms with E-state index in [4.69, 9.17) is 4.74 Å². The van der Waals surface area contributed by atoms with Crippen LogP contribution in [0.4, 0.5) is 4.79 Å². The molecular formula is C16H31N3O4. The first-order valence-corrected chi connectivity index (χ1v) is 7.84. The highest BCUT2D eigenvalue weighted by molar-refractivity contribution is 5.86. The Bertz CT molecular complexity index is 430. The number of ether oxygens (including phenoxy) is 1. The normalized spacial score (nSPS) is 14.0. The first-order chi connectivity index (χ1) is 10.4. The van der Waals surface area contributed by atoms with E-state index in [1.807, 2.05) is 13.8 Å². The highest BCUT2D eigenvalue weighted by atomic mass is 16.6. The maximum atomic E-state index is 12.6. The summed E-state index contributed by atoms with van der Waals surface area (Å²) >= 11 is 0. The number of rotatable bonds is 6. The highest BCUT2D eigenvalue weighted by Crippen LogP contribution is 2.19. The Labute approximate surface area is 139 Å². The number of amides is 3. The topological polar surface area (TPSA) is 87.7 Å². The SMILES string of the molecule is CNC(=O)CN(C)C(=O)[C@@H](C(C)C)[C@@H](C)NC(=O)OC(C)(C)C. The van der Waals surface area contributed by atoms with Gasteiger partial charge >= 0.3 is 6.09 Å². The van der Waals surface area contributed by atoms with E-state index in [9.17, 15) is 14.4 Å². The van der Waals surface area contributed by atoms with Gasteiger partial charge in [-0.15, -0.1) is 0 Å². The van der Waals surface area contributed by atoms with Crippen LogP contribution in [-0.4, -0.2) is 55.1 Å². The monoisotopic (exact) mass is 329 g/mol. The summed E-state index contributed by atoms with van der Waals surface area (Å²) in [5.41, 5.74) is -0.600. The number of likely N-dealkylation sites (N-methyl/N-ethyl adjacent to an activating group) is 2. The number of hydrogen-bond donors (Lipinski definition) is 2. The lowest BCUT2D eigenvalue weighted by atomic mass is 9.88. The van der Waals surface area contributed by atoms with E-state index in [0.29, 0.717) is 0 Å². The Hall–Kier alpha value is -1.79. The van der Waals surface area contributed by atoms with Crippen molar-refractivity contribution in [3.05, 3.63) is 0 Å². The van der Waals surface area contributed by atoms with E-state index in [-0.39, 0.29) is 24.3 Å². The van der Waals surface area contributed by atoms with Gasteiger partial charge in [-0.05, 0) is 33.6 Å². The first kappa shape index (κ1) is 21.2. The molecule has 0 aliphatic carbocycles. The molecule has 0 aliphatic rings. The van der Waals surface area contributed by atoms with Gasteiger partial charge in [-0.2, -0.15) is 0 Å². The van der Waals surface area contributed by atoms with Gasteiger partial charge in [0, 0.05) is 20.1 Å². The molecule has 0 unspecified atom stereocenters. The Kier molecular flexibility index (Phi) is 8.06. The summed E-state index contributed by atoms with van der Waals surface area (Å²) in [7, 11) is 3.10. The first-order valence-electron chi connectivity index (χ1n) is 7.84. The number of nitrogens with zero attached hydrogens (tertiary/aromatic N) is 1. The Morgan fingerprint density at radius 3 is 2.04 bits per heavy atom. The quantitative estimate of drug-likeness (QED) is 0.770. The second-order valence-corrected chi connectivity index (χ2v) is 7.07. The number of hydrogen-bond acceptors (Lipinski definition) is 4. The van der Waals surface area contributed by atoms with Gasteiger partial charge in [0.1, 0.15) is 5.60 Å². The standard InChI is InChI=1S/C16H31N3O4/c1-10(2)13(14(21)19(8)9-12(20)17-7)11(3)18-15(22)23-16(4,5)6/h10-11,13H,9H2,1-8H3,(H,17,20)(H,18,22)/t11-,13+/m1/s1. The zero-order valence-electron chi connectivity index (χ0n) is 15.5. The molecule has 0 aromatic carbocycles. The van der Waals surface area contributed by atoms with Crippen molar-refractivity contribution in [1.82, 2.24) is 15.5 Å². The summed E-state index contributed by atoms with van der Waals surface area (Å²) in [6, 6.07) is -0.413. The number of nitrogens with one attached hydrogen (secondary N) is 2. The summed E-state index contributed by atoms with van der Waals surface area (Å²) in [5.74, 6) is -0.875. The average molecular weight is 329 g/mol. The Balaban J connectivity index is 4.92. The van der Waals surface area contributed by atoms with Crippen molar-refractivity contribution in [1.29, 1.82) is 0 Å². The molecule has 0 rings (SSSR count). The van der Waals surface area contributed by atoms with Crippen molar-refractivity contribution in [2.45, 2.75) is 53.2 Å². The third-order valence-electron chi connectivity index (χ3n) is 3.32. The van der Waals surface area contributed by atoms with Crippen molar-refractivity contribution in [3.8, 4) is 0 Å². The minimum absolute atomic E-state index is 0.000394. The fourth-order valence-electron chi connectivity index (χ4n) is 2.29. The molecule has 0 saturated carbocycles. The molecule has 134 valence electrons. The van der Waals surface area contributed by atoms with Crippen LogP contribution in [-0.2, 0) is 14.3 Å². The van der Waals surface area contributed by atoms with Gasteiger partial charge in [-0.25, -0.2) is 4.79 Å². The number of carbonyl (C=O) groups excluding carboxylic acids is 3. The zero-order valence-corrected chi connectivity index (χ0v) is 15.5. The minimum Gasteiger partial charge on any atom is -0.444 e. The summed E-state index contributed by atoms with van der Waals surface area (Å²) < 4.78 is 5.22. The van der Waals surface area contributed by atoms with Crippen LogP contribution in [0.3, 0.4) is 0 Å². The molecule has 7 nitrogen and oxygen atoms in total. The van der Waals surface area contributed by atoms with Crippen LogP contribution < -0.4 is 10.6 Å². The van der Waals surface area contributed by atoms with Gasteiger partial charge < -0.3 is 20.3 Å². The lowest BCUT2D eigenvalue weighted by Gasteiger charge is -2.31. The number of alkyl carbamates (subject to hydrolysis) is 1. The van der Waals surface area contributed by atoms with E-state index < -0.39 is 23.7 Å². The van der Waals surface area contributed by atoms with Gasteiger partial charge in [-0.1, -0.05) is 13.8 Å².